The van der Waals surface area contributed by atoms with Gasteiger partial charge in [-0.15, -0.1) is 0 Å². The van der Waals surface area contributed by atoms with E-state index < -0.39 is 6.04 Å². The Morgan fingerprint density at radius 3 is 2.60 bits per heavy atom. The van der Waals surface area contributed by atoms with Crippen molar-refractivity contribution in [3.05, 3.63) is 0 Å². The van der Waals surface area contributed by atoms with Crippen LogP contribution in [0, 0.1) is 0 Å². The molecule has 1 rings (SSSR count). The van der Waals surface area contributed by atoms with Crippen molar-refractivity contribution in [1.29, 1.82) is 0 Å². The van der Waals surface area contributed by atoms with Gasteiger partial charge < -0.3 is 16.4 Å². The Kier molecular flexibility index (Phi) is 9.51. The summed E-state index contributed by atoms with van der Waals surface area (Å²) < 4.78 is 0. The van der Waals surface area contributed by atoms with Gasteiger partial charge in [0, 0.05) is 26.4 Å². The van der Waals surface area contributed by atoms with Gasteiger partial charge in [-0.05, 0) is 38.5 Å². The van der Waals surface area contributed by atoms with Crippen molar-refractivity contribution in [2.75, 3.05) is 26.4 Å². The minimum atomic E-state index is -0.583. The lowest BCUT2D eigenvalue weighted by Crippen LogP contribution is -2.45. The first kappa shape index (κ1) is 21.4. The molecule has 0 spiro atoms. The molecule has 1 fully saturated rings. The zero-order valence-corrected chi connectivity index (χ0v) is 15.7. The van der Waals surface area contributed by atoms with Crippen molar-refractivity contribution >= 4 is 35.4 Å². The molecule has 0 aromatic heterocycles. The molecule has 2 atom stereocenters. The molecule has 0 bridgehead atoms. The van der Waals surface area contributed by atoms with Crippen molar-refractivity contribution in [2.45, 2.75) is 49.8 Å². The second-order valence-corrected chi connectivity index (χ2v) is 6.97. The van der Waals surface area contributed by atoms with Gasteiger partial charge in [-0.1, -0.05) is 0 Å². The molecule has 0 saturated carbocycles. The van der Waals surface area contributed by atoms with Crippen LogP contribution in [0.1, 0.15) is 38.5 Å². The molecule has 1 aliphatic heterocycles. The molecule has 9 heteroatoms. The zero-order chi connectivity index (χ0) is 18.8. The summed E-state index contributed by atoms with van der Waals surface area (Å²) >= 11 is 1.37. The number of unbranched alkanes of at least 4 members (excludes halogenated alkanes) is 1. The number of amides is 4. The van der Waals surface area contributed by atoms with Crippen molar-refractivity contribution in [1.82, 2.24) is 15.5 Å². The molecule has 1 aliphatic rings. The Morgan fingerprint density at radius 2 is 2.04 bits per heavy atom. The van der Waals surface area contributed by atoms with Crippen LogP contribution in [-0.2, 0) is 19.2 Å². The fourth-order valence-electron chi connectivity index (χ4n) is 2.67. The average molecular weight is 372 g/mol. The van der Waals surface area contributed by atoms with E-state index in [1.54, 1.807) is 6.26 Å². The van der Waals surface area contributed by atoms with Gasteiger partial charge in [-0.3, -0.25) is 24.1 Å². The molecule has 0 radical (unpaired) electrons. The predicted octanol–water partition coefficient (Wildman–Crippen LogP) is -0.383. The summed E-state index contributed by atoms with van der Waals surface area (Å²) in [7, 11) is 1.52. The lowest BCUT2D eigenvalue weighted by atomic mass is 10.1. The summed E-state index contributed by atoms with van der Waals surface area (Å²) in [5.74, 6) is -0.863. The average Bonchev–Trinajstić information content (AvgIpc) is 2.87. The molecular formula is C16H28N4O4S. The number of nitrogens with zero attached hydrogens (tertiary/aromatic N) is 1. The van der Waals surface area contributed by atoms with E-state index in [-0.39, 0.29) is 48.3 Å². The highest BCUT2D eigenvalue weighted by molar-refractivity contribution is 8.00. The largest absolute Gasteiger partial charge is 0.357 e. The molecular weight excluding hydrogens is 344 g/mol. The number of likely N-dealkylation sites (tertiary alicyclic amines) is 1. The first-order valence-corrected chi connectivity index (χ1v) is 9.81. The van der Waals surface area contributed by atoms with E-state index in [2.05, 4.69) is 10.6 Å². The fraction of sp³-hybridized carbons (Fsp3) is 0.750. The van der Waals surface area contributed by atoms with Crippen LogP contribution in [0.2, 0.25) is 0 Å². The molecule has 1 saturated heterocycles. The Morgan fingerprint density at radius 1 is 1.32 bits per heavy atom. The smallest absolute Gasteiger partial charge is 0.242 e. The molecule has 1 heterocycles. The van der Waals surface area contributed by atoms with Crippen LogP contribution in [0.5, 0.6) is 0 Å². The highest BCUT2D eigenvalue weighted by Crippen LogP contribution is 2.23. The van der Waals surface area contributed by atoms with E-state index in [0.29, 0.717) is 19.4 Å². The number of thioether (sulfide) groups is 1. The number of hydrogen-bond donors (Lipinski definition) is 3. The van der Waals surface area contributed by atoms with Gasteiger partial charge in [0.15, 0.2) is 0 Å². The normalized spacial score (nSPS) is 18.4. The third-order valence-electron chi connectivity index (χ3n) is 4.12. The number of rotatable bonds is 11. The number of carbonyl (C=O) groups is 4. The number of carbonyl (C=O) groups excluding carboxylic acids is 4. The summed E-state index contributed by atoms with van der Waals surface area (Å²) in [6.07, 6.45) is 4.64. The molecule has 1 unspecified atom stereocenters. The monoisotopic (exact) mass is 372 g/mol. The third kappa shape index (κ3) is 6.66. The lowest BCUT2D eigenvalue weighted by molar-refractivity contribution is -0.138. The molecule has 25 heavy (non-hydrogen) atoms. The van der Waals surface area contributed by atoms with E-state index >= 15 is 0 Å². The first-order chi connectivity index (χ1) is 11.9. The Balaban J connectivity index is 2.40. The Labute approximate surface area is 152 Å². The van der Waals surface area contributed by atoms with Gasteiger partial charge in [0.05, 0.1) is 5.25 Å². The van der Waals surface area contributed by atoms with Crippen molar-refractivity contribution in [3.8, 4) is 0 Å². The fourth-order valence-corrected chi connectivity index (χ4v) is 3.31. The van der Waals surface area contributed by atoms with Crippen LogP contribution < -0.4 is 16.4 Å². The summed E-state index contributed by atoms with van der Waals surface area (Å²) in [5, 5.41) is 4.94. The van der Waals surface area contributed by atoms with E-state index in [1.165, 1.54) is 23.7 Å². The van der Waals surface area contributed by atoms with Crippen molar-refractivity contribution < 1.29 is 19.2 Å². The maximum Gasteiger partial charge on any atom is 0.242 e. The third-order valence-corrected chi connectivity index (χ3v) is 5.05. The van der Waals surface area contributed by atoms with Crippen LogP contribution in [-0.4, -0.2) is 66.2 Å². The van der Waals surface area contributed by atoms with Gasteiger partial charge in [0.1, 0.15) is 6.04 Å². The number of imide groups is 1. The standard InChI is InChI=1S/C16H28N4O4S/c1-18-15(23)11(6-3-4-8-17)19-13(21)7-5-9-20-14(22)10-12(25-2)16(20)24/h11-12H,3-10,17H2,1-2H3,(H,18,23)(H,19,21)/t11-,12?/m0/s1. The number of nitrogens with two attached hydrogens (primary N) is 1. The number of hydrogen-bond acceptors (Lipinski definition) is 6. The van der Waals surface area contributed by atoms with Crippen LogP contribution in [0.3, 0.4) is 0 Å². The van der Waals surface area contributed by atoms with Gasteiger partial charge >= 0.3 is 0 Å². The number of nitrogens with one attached hydrogen (secondary N) is 2. The van der Waals surface area contributed by atoms with Gasteiger partial charge in [-0.25, -0.2) is 0 Å². The maximum absolute atomic E-state index is 12.1. The van der Waals surface area contributed by atoms with Crippen molar-refractivity contribution in [2.24, 2.45) is 5.73 Å². The summed E-state index contributed by atoms with van der Waals surface area (Å²) in [6.45, 7) is 0.781. The second-order valence-electron chi connectivity index (χ2n) is 5.93. The van der Waals surface area contributed by atoms with E-state index in [9.17, 15) is 19.2 Å². The molecule has 142 valence electrons. The molecule has 8 nitrogen and oxygen atoms in total. The first-order valence-electron chi connectivity index (χ1n) is 8.52. The summed E-state index contributed by atoms with van der Waals surface area (Å²) in [5.41, 5.74) is 5.44. The van der Waals surface area contributed by atoms with Crippen LogP contribution in [0.15, 0.2) is 0 Å². The van der Waals surface area contributed by atoms with Crippen LogP contribution in [0.25, 0.3) is 0 Å². The van der Waals surface area contributed by atoms with Crippen LogP contribution >= 0.6 is 11.8 Å². The topological polar surface area (TPSA) is 122 Å². The summed E-state index contributed by atoms with van der Waals surface area (Å²) in [4.78, 5) is 48.9. The highest BCUT2D eigenvalue weighted by atomic mass is 32.2. The second kappa shape index (κ2) is 11.1. The molecule has 0 aliphatic carbocycles. The quantitative estimate of drug-likeness (QED) is 0.336. The van der Waals surface area contributed by atoms with Gasteiger partial charge in [0.2, 0.25) is 23.6 Å². The predicted molar refractivity (Wildman–Crippen MR) is 96.8 cm³/mol. The zero-order valence-electron chi connectivity index (χ0n) is 14.9. The van der Waals surface area contributed by atoms with Crippen molar-refractivity contribution in [3.63, 3.8) is 0 Å². The van der Waals surface area contributed by atoms with Gasteiger partial charge in [-0.2, -0.15) is 11.8 Å². The minimum absolute atomic E-state index is 0.158. The Bertz CT molecular complexity index is 501. The minimum Gasteiger partial charge on any atom is -0.357 e. The molecule has 0 aromatic rings. The maximum atomic E-state index is 12.1. The van der Waals surface area contributed by atoms with E-state index in [4.69, 9.17) is 5.73 Å². The summed E-state index contributed by atoms with van der Waals surface area (Å²) in [6, 6.07) is -0.583. The molecule has 4 N–H and O–H groups in total. The van der Waals surface area contributed by atoms with Gasteiger partial charge in [0.25, 0.3) is 0 Å². The Hall–Kier alpha value is -1.61. The molecule has 0 aromatic carbocycles. The van der Waals surface area contributed by atoms with E-state index in [1.807, 2.05) is 0 Å². The lowest BCUT2D eigenvalue weighted by Gasteiger charge is -2.18. The number of likely N-dealkylation sites (N-methyl/N-ethyl adjacent to an activating group) is 1. The van der Waals surface area contributed by atoms with Crippen LogP contribution in [0.4, 0.5) is 0 Å². The SMILES string of the molecule is CNC(=O)[C@H](CCCCN)NC(=O)CCCN1C(=O)CC(SC)C1=O. The van der Waals surface area contributed by atoms with E-state index in [0.717, 1.165) is 12.8 Å². The highest BCUT2D eigenvalue weighted by Gasteiger charge is 2.37. The molecule has 4 amide bonds.